The second-order valence-electron chi connectivity index (χ2n) is 3.41. The van der Waals surface area contributed by atoms with Gasteiger partial charge in [0.1, 0.15) is 0 Å². The summed E-state index contributed by atoms with van der Waals surface area (Å²) in [6, 6.07) is 0.270. The number of hydrogen-bond acceptors (Lipinski definition) is 2. The minimum Gasteiger partial charge on any atom is -0.345 e. The maximum atomic E-state index is 11.5. The van der Waals surface area contributed by atoms with Crippen LogP contribution >= 0.6 is 0 Å². The quantitative estimate of drug-likeness (QED) is 0.593. The summed E-state index contributed by atoms with van der Waals surface area (Å²) in [5.41, 5.74) is 0. The van der Waals surface area contributed by atoms with Crippen molar-refractivity contribution in [3.63, 3.8) is 0 Å². The third kappa shape index (κ3) is 2.74. The lowest BCUT2D eigenvalue weighted by Crippen LogP contribution is -2.46. The van der Waals surface area contributed by atoms with E-state index in [1.165, 1.54) is 0 Å². The van der Waals surface area contributed by atoms with Crippen molar-refractivity contribution in [3.05, 3.63) is 0 Å². The van der Waals surface area contributed by atoms with Gasteiger partial charge in [0.2, 0.25) is 5.91 Å². The molecule has 0 bridgehead atoms. The topological polar surface area (TPSA) is 41.1 Å². The van der Waals surface area contributed by atoms with Crippen molar-refractivity contribution < 1.29 is 4.79 Å². The lowest BCUT2D eigenvalue weighted by atomic mass is 9.91. The monoisotopic (exact) mass is 180 g/mol. The van der Waals surface area contributed by atoms with E-state index in [0.29, 0.717) is 6.54 Å². The smallest absolute Gasteiger partial charge is 0.225 e. The zero-order valence-corrected chi connectivity index (χ0v) is 7.97. The first-order chi connectivity index (χ1) is 6.25. The molecule has 1 heterocycles. The van der Waals surface area contributed by atoms with Crippen LogP contribution in [0.1, 0.15) is 19.8 Å². The SMILES string of the molecule is C#CCNC(=O)C1CCCNC1C. The third-order valence-electron chi connectivity index (χ3n) is 2.46. The molecule has 0 aliphatic carbocycles. The molecule has 2 N–H and O–H groups in total. The average Bonchev–Trinajstić information content (AvgIpc) is 2.15. The summed E-state index contributed by atoms with van der Waals surface area (Å²) in [4.78, 5) is 11.5. The van der Waals surface area contributed by atoms with E-state index in [1.807, 2.05) is 6.92 Å². The summed E-state index contributed by atoms with van der Waals surface area (Å²) in [6.45, 7) is 3.39. The Kier molecular flexibility index (Phi) is 3.78. The number of terminal acetylenes is 1. The van der Waals surface area contributed by atoms with Crippen molar-refractivity contribution >= 4 is 5.91 Å². The van der Waals surface area contributed by atoms with Gasteiger partial charge in [-0.25, -0.2) is 0 Å². The Hall–Kier alpha value is -1.01. The first-order valence-corrected chi connectivity index (χ1v) is 4.70. The largest absolute Gasteiger partial charge is 0.345 e. The van der Waals surface area contributed by atoms with E-state index in [9.17, 15) is 4.79 Å². The standard InChI is InChI=1S/C10H16N2O/c1-3-6-12-10(13)9-5-4-7-11-8(9)2/h1,8-9,11H,4-7H2,2H3,(H,12,13). The van der Waals surface area contributed by atoms with Crippen LogP contribution in [0.3, 0.4) is 0 Å². The van der Waals surface area contributed by atoms with Gasteiger partial charge in [0.05, 0.1) is 12.5 Å². The fraction of sp³-hybridized carbons (Fsp3) is 0.700. The van der Waals surface area contributed by atoms with Gasteiger partial charge in [-0.05, 0) is 26.3 Å². The average molecular weight is 180 g/mol. The number of piperidine rings is 1. The second-order valence-corrected chi connectivity index (χ2v) is 3.41. The molecule has 1 amide bonds. The molecule has 13 heavy (non-hydrogen) atoms. The van der Waals surface area contributed by atoms with Gasteiger partial charge in [0.15, 0.2) is 0 Å². The molecule has 1 saturated heterocycles. The van der Waals surface area contributed by atoms with Crippen molar-refractivity contribution in [2.75, 3.05) is 13.1 Å². The van der Waals surface area contributed by atoms with Crippen LogP contribution in [-0.4, -0.2) is 25.0 Å². The van der Waals surface area contributed by atoms with Crippen LogP contribution in [0.25, 0.3) is 0 Å². The highest BCUT2D eigenvalue weighted by Crippen LogP contribution is 2.15. The number of carbonyl (C=O) groups is 1. The Bertz CT molecular complexity index is 219. The summed E-state index contributed by atoms with van der Waals surface area (Å²) in [5, 5.41) is 5.99. The van der Waals surface area contributed by atoms with Crippen LogP contribution < -0.4 is 10.6 Å². The Balaban J connectivity index is 2.40. The molecule has 2 unspecified atom stereocenters. The van der Waals surface area contributed by atoms with Crippen LogP contribution in [0.4, 0.5) is 0 Å². The van der Waals surface area contributed by atoms with E-state index in [-0.39, 0.29) is 17.9 Å². The summed E-state index contributed by atoms with van der Waals surface area (Å²) in [6.07, 6.45) is 7.09. The van der Waals surface area contributed by atoms with Gasteiger partial charge in [-0.2, -0.15) is 0 Å². The molecule has 0 aromatic rings. The molecule has 3 heteroatoms. The zero-order valence-electron chi connectivity index (χ0n) is 7.97. The van der Waals surface area contributed by atoms with Crippen molar-refractivity contribution in [1.29, 1.82) is 0 Å². The van der Waals surface area contributed by atoms with Gasteiger partial charge < -0.3 is 10.6 Å². The molecule has 2 atom stereocenters. The molecule has 1 aliphatic rings. The lowest BCUT2D eigenvalue weighted by molar-refractivity contribution is -0.126. The minimum absolute atomic E-state index is 0.0812. The summed E-state index contributed by atoms with van der Waals surface area (Å²) in [5.74, 6) is 2.57. The van der Waals surface area contributed by atoms with E-state index >= 15 is 0 Å². The normalized spacial score (nSPS) is 27.7. The number of nitrogens with one attached hydrogen (secondary N) is 2. The van der Waals surface area contributed by atoms with E-state index in [2.05, 4.69) is 16.6 Å². The highest BCUT2D eigenvalue weighted by molar-refractivity contribution is 5.79. The summed E-state index contributed by atoms with van der Waals surface area (Å²) >= 11 is 0. The number of amides is 1. The predicted molar refractivity (Wildman–Crippen MR) is 52.0 cm³/mol. The second kappa shape index (κ2) is 4.88. The fourth-order valence-corrected chi connectivity index (χ4v) is 1.67. The van der Waals surface area contributed by atoms with Gasteiger partial charge in [-0.3, -0.25) is 4.79 Å². The molecule has 0 radical (unpaired) electrons. The van der Waals surface area contributed by atoms with Gasteiger partial charge >= 0.3 is 0 Å². The van der Waals surface area contributed by atoms with Gasteiger partial charge in [-0.1, -0.05) is 5.92 Å². The molecule has 0 aromatic carbocycles. The van der Waals surface area contributed by atoms with Crippen LogP contribution in [0, 0.1) is 18.3 Å². The zero-order chi connectivity index (χ0) is 9.68. The Morgan fingerprint density at radius 2 is 2.54 bits per heavy atom. The van der Waals surface area contributed by atoms with Crippen molar-refractivity contribution in [2.45, 2.75) is 25.8 Å². The molecule has 72 valence electrons. The van der Waals surface area contributed by atoms with Crippen LogP contribution in [0.15, 0.2) is 0 Å². The molecule has 0 spiro atoms. The first-order valence-electron chi connectivity index (χ1n) is 4.70. The molecular weight excluding hydrogens is 164 g/mol. The predicted octanol–water partition coefficient (Wildman–Crippen LogP) is 0.124. The van der Waals surface area contributed by atoms with Crippen LogP contribution in [0.5, 0.6) is 0 Å². The summed E-state index contributed by atoms with van der Waals surface area (Å²) < 4.78 is 0. The molecule has 1 rings (SSSR count). The summed E-state index contributed by atoms with van der Waals surface area (Å²) in [7, 11) is 0. The van der Waals surface area contributed by atoms with Crippen LogP contribution in [-0.2, 0) is 4.79 Å². The number of carbonyl (C=O) groups excluding carboxylic acids is 1. The molecule has 0 saturated carbocycles. The number of rotatable bonds is 2. The van der Waals surface area contributed by atoms with Crippen molar-refractivity contribution in [3.8, 4) is 12.3 Å². The van der Waals surface area contributed by atoms with Gasteiger partial charge in [0, 0.05) is 6.04 Å². The van der Waals surface area contributed by atoms with Crippen molar-refractivity contribution in [1.82, 2.24) is 10.6 Å². The van der Waals surface area contributed by atoms with E-state index in [1.54, 1.807) is 0 Å². The van der Waals surface area contributed by atoms with E-state index in [4.69, 9.17) is 6.42 Å². The maximum Gasteiger partial charge on any atom is 0.225 e. The highest BCUT2D eigenvalue weighted by atomic mass is 16.1. The van der Waals surface area contributed by atoms with Gasteiger partial charge in [0.25, 0.3) is 0 Å². The molecule has 0 aromatic heterocycles. The Labute approximate surface area is 79.3 Å². The molecule has 3 nitrogen and oxygen atoms in total. The Morgan fingerprint density at radius 3 is 3.15 bits per heavy atom. The number of hydrogen-bond donors (Lipinski definition) is 2. The molecule has 1 fully saturated rings. The first kappa shape index (κ1) is 10.1. The van der Waals surface area contributed by atoms with E-state index < -0.39 is 0 Å². The molecule has 1 aliphatic heterocycles. The van der Waals surface area contributed by atoms with Crippen molar-refractivity contribution in [2.24, 2.45) is 5.92 Å². The molecular formula is C10H16N2O. The minimum atomic E-state index is 0.0812. The lowest BCUT2D eigenvalue weighted by Gasteiger charge is -2.28. The Morgan fingerprint density at radius 1 is 1.77 bits per heavy atom. The highest BCUT2D eigenvalue weighted by Gasteiger charge is 2.26. The fourth-order valence-electron chi connectivity index (χ4n) is 1.67. The maximum absolute atomic E-state index is 11.5. The van der Waals surface area contributed by atoms with Gasteiger partial charge in [-0.15, -0.1) is 6.42 Å². The van der Waals surface area contributed by atoms with E-state index in [0.717, 1.165) is 19.4 Å². The van der Waals surface area contributed by atoms with Crippen LogP contribution in [0.2, 0.25) is 0 Å². The third-order valence-corrected chi connectivity index (χ3v) is 2.46.